The minimum absolute atomic E-state index is 0.289. The highest BCUT2D eigenvalue weighted by Crippen LogP contribution is 2.25. The van der Waals surface area contributed by atoms with E-state index in [-0.39, 0.29) is 6.04 Å². The largest absolute Gasteiger partial charge is 0.399 e. The van der Waals surface area contributed by atoms with Gasteiger partial charge >= 0.3 is 0 Å². The highest BCUT2D eigenvalue weighted by molar-refractivity contribution is 5.99. The molecule has 5 heteroatoms. The fourth-order valence-corrected chi connectivity index (χ4v) is 1.99. The summed E-state index contributed by atoms with van der Waals surface area (Å²) in [5, 5.41) is 0. The molecule has 0 aliphatic carbocycles. The summed E-state index contributed by atoms with van der Waals surface area (Å²) in [5.74, 6) is -0.465. The Kier molecular flexibility index (Phi) is 5.63. The molecule has 0 fully saturated rings. The third-order valence-corrected chi connectivity index (χ3v) is 3.25. The van der Waals surface area contributed by atoms with Crippen LogP contribution in [0.1, 0.15) is 30.6 Å². The number of methoxy groups -OCH3 is 1. The first-order valence-electron chi connectivity index (χ1n) is 6.46. The third-order valence-electron chi connectivity index (χ3n) is 3.25. The van der Waals surface area contributed by atoms with Crippen molar-refractivity contribution in [3.05, 3.63) is 23.8 Å². The van der Waals surface area contributed by atoms with E-state index in [0.717, 1.165) is 12.1 Å². The number of nitrogens with zero attached hydrogens (tertiary/aromatic N) is 1. The number of benzene rings is 1. The molecule has 0 spiro atoms. The summed E-state index contributed by atoms with van der Waals surface area (Å²) in [6, 6.07) is 5.54. The first kappa shape index (κ1) is 15.3. The summed E-state index contributed by atoms with van der Waals surface area (Å²) in [7, 11) is 1.66. The Morgan fingerprint density at radius 2 is 2.16 bits per heavy atom. The molecule has 5 nitrogen and oxygen atoms in total. The van der Waals surface area contributed by atoms with Crippen LogP contribution in [-0.4, -0.2) is 32.2 Å². The number of ether oxygens (including phenoxy) is 1. The fourth-order valence-electron chi connectivity index (χ4n) is 1.99. The maximum absolute atomic E-state index is 11.6. The first-order valence-corrected chi connectivity index (χ1v) is 6.46. The lowest BCUT2D eigenvalue weighted by molar-refractivity contribution is 0.100. The molecule has 0 saturated heterocycles. The van der Waals surface area contributed by atoms with Gasteiger partial charge in [-0.05, 0) is 31.5 Å². The van der Waals surface area contributed by atoms with E-state index < -0.39 is 5.91 Å². The summed E-state index contributed by atoms with van der Waals surface area (Å²) in [6.45, 7) is 5.51. The van der Waals surface area contributed by atoms with Gasteiger partial charge in [0.15, 0.2) is 0 Å². The second-order valence-corrected chi connectivity index (χ2v) is 4.58. The maximum atomic E-state index is 11.6. The zero-order valence-corrected chi connectivity index (χ0v) is 11.8. The van der Waals surface area contributed by atoms with Crippen molar-refractivity contribution in [2.24, 2.45) is 5.73 Å². The van der Waals surface area contributed by atoms with E-state index in [1.165, 1.54) is 0 Å². The van der Waals surface area contributed by atoms with Crippen molar-refractivity contribution < 1.29 is 9.53 Å². The van der Waals surface area contributed by atoms with Gasteiger partial charge in [-0.25, -0.2) is 0 Å². The number of anilines is 2. The number of amides is 1. The molecule has 106 valence electrons. The Hall–Kier alpha value is -1.75. The molecule has 1 aromatic rings. The average Bonchev–Trinajstić information content (AvgIpc) is 2.39. The van der Waals surface area contributed by atoms with Gasteiger partial charge < -0.3 is 21.1 Å². The van der Waals surface area contributed by atoms with Crippen LogP contribution in [0.5, 0.6) is 0 Å². The lowest BCUT2D eigenvalue weighted by Gasteiger charge is -2.32. The van der Waals surface area contributed by atoms with Crippen LogP contribution in [0.15, 0.2) is 18.2 Å². The second kappa shape index (κ2) is 6.99. The fraction of sp³-hybridized carbons (Fsp3) is 0.500. The van der Waals surface area contributed by atoms with E-state index >= 15 is 0 Å². The van der Waals surface area contributed by atoms with Gasteiger partial charge in [-0.1, -0.05) is 6.92 Å². The Balaban J connectivity index is 3.17. The minimum atomic E-state index is -0.465. The van der Waals surface area contributed by atoms with E-state index in [1.54, 1.807) is 19.2 Å². The molecule has 0 saturated carbocycles. The monoisotopic (exact) mass is 265 g/mol. The number of rotatable bonds is 7. The van der Waals surface area contributed by atoms with Gasteiger partial charge in [0.2, 0.25) is 0 Å². The van der Waals surface area contributed by atoms with Gasteiger partial charge in [-0.2, -0.15) is 0 Å². The van der Waals surface area contributed by atoms with Crippen molar-refractivity contribution in [2.75, 3.05) is 30.9 Å². The molecule has 0 radical (unpaired) electrons. The molecule has 1 unspecified atom stereocenters. The molecule has 1 amide bonds. The van der Waals surface area contributed by atoms with Gasteiger partial charge in [0, 0.05) is 31.1 Å². The number of nitrogen functional groups attached to an aromatic ring is 1. The molecule has 1 aromatic carbocycles. The highest BCUT2D eigenvalue weighted by Gasteiger charge is 2.18. The molecule has 0 aliphatic heterocycles. The van der Waals surface area contributed by atoms with Gasteiger partial charge in [-0.3, -0.25) is 4.79 Å². The number of primary amides is 1. The molecular formula is C14H23N3O2. The van der Waals surface area contributed by atoms with Gasteiger partial charge in [0.1, 0.15) is 0 Å². The van der Waals surface area contributed by atoms with E-state index in [1.807, 2.05) is 6.07 Å². The van der Waals surface area contributed by atoms with Crippen LogP contribution in [0.25, 0.3) is 0 Å². The molecule has 19 heavy (non-hydrogen) atoms. The molecular weight excluding hydrogens is 242 g/mol. The van der Waals surface area contributed by atoms with Crippen molar-refractivity contribution in [3.8, 4) is 0 Å². The number of hydrogen-bond acceptors (Lipinski definition) is 4. The SMILES string of the molecule is CCC(C)N(CCOC)c1ccc(N)cc1C(N)=O. The van der Waals surface area contributed by atoms with Crippen molar-refractivity contribution in [1.82, 2.24) is 0 Å². The first-order chi connectivity index (χ1) is 9.01. The van der Waals surface area contributed by atoms with E-state index in [4.69, 9.17) is 16.2 Å². The predicted molar refractivity (Wildman–Crippen MR) is 78.3 cm³/mol. The second-order valence-electron chi connectivity index (χ2n) is 4.58. The molecule has 1 rings (SSSR count). The van der Waals surface area contributed by atoms with Crippen LogP contribution in [0.2, 0.25) is 0 Å². The van der Waals surface area contributed by atoms with Crippen molar-refractivity contribution in [2.45, 2.75) is 26.3 Å². The summed E-state index contributed by atoms with van der Waals surface area (Å²) in [4.78, 5) is 13.7. The summed E-state index contributed by atoms with van der Waals surface area (Å²) in [5.41, 5.74) is 13.0. The van der Waals surface area contributed by atoms with Crippen molar-refractivity contribution >= 4 is 17.3 Å². The maximum Gasteiger partial charge on any atom is 0.250 e. The third kappa shape index (κ3) is 3.86. The van der Waals surface area contributed by atoms with Crippen LogP contribution in [0.3, 0.4) is 0 Å². The Bertz CT molecular complexity index is 435. The molecule has 0 aliphatic rings. The number of carbonyl (C=O) groups excluding carboxylic acids is 1. The Morgan fingerprint density at radius 3 is 2.68 bits per heavy atom. The van der Waals surface area contributed by atoms with E-state index in [0.29, 0.717) is 24.4 Å². The normalized spacial score (nSPS) is 12.2. The summed E-state index contributed by atoms with van der Waals surface area (Å²) >= 11 is 0. The zero-order chi connectivity index (χ0) is 14.4. The van der Waals surface area contributed by atoms with Gasteiger partial charge in [-0.15, -0.1) is 0 Å². The number of nitrogens with two attached hydrogens (primary N) is 2. The van der Waals surface area contributed by atoms with E-state index in [9.17, 15) is 4.79 Å². The van der Waals surface area contributed by atoms with Crippen molar-refractivity contribution in [3.63, 3.8) is 0 Å². The molecule has 4 N–H and O–H groups in total. The summed E-state index contributed by atoms with van der Waals surface area (Å²) < 4.78 is 5.13. The molecule has 0 bridgehead atoms. The standard InChI is InChI=1S/C14H23N3O2/c1-4-10(2)17(7-8-19-3)13-6-5-11(15)9-12(13)14(16)18/h5-6,9-10H,4,7-8,15H2,1-3H3,(H2,16,18). The molecule has 0 aromatic heterocycles. The van der Waals surface area contributed by atoms with E-state index in [2.05, 4.69) is 18.7 Å². The Labute approximate surface area is 114 Å². The quantitative estimate of drug-likeness (QED) is 0.734. The van der Waals surface area contributed by atoms with Crippen LogP contribution in [0, 0.1) is 0 Å². The topological polar surface area (TPSA) is 81.6 Å². The highest BCUT2D eigenvalue weighted by atomic mass is 16.5. The molecule has 0 heterocycles. The van der Waals surface area contributed by atoms with Crippen LogP contribution in [0.4, 0.5) is 11.4 Å². The predicted octanol–water partition coefficient (Wildman–Crippen LogP) is 1.62. The van der Waals surface area contributed by atoms with Crippen LogP contribution < -0.4 is 16.4 Å². The van der Waals surface area contributed by atoms with Gasteiger partial charge in [0.05, 0.1) is 12.2 Å². The molecule has 1 atom stereocenters. The smallest absolute Gasteiger partial charge is 0.250 e. The lowest BCUT2D eigenvalue weighted by Crippen LogP contribution is -2.37. The lowest BCUT2D eigenvalue weighted by atomic mass is 10.1. The average molecular weight is 265 g/mol. The van der Waals surface area contributed by atoms with Gasteiger partial charge in [0.25, 0.3) is 5.91 Å². The van der Waals surface area contributed by atoms with Crippen molar-refractivity contribution in [1.29, 1.82) is 0 Å². The van der Waals surface area contributed by atoms with Crippen LogP contribution in [-0.2, 0) is 4.74 Å². The Morgan fingerprint density at radius 1 is 1.47 bits per heavy atom. The summed E-state index contributed by atoms with van der Waals surface area (Å²) in [6.07, 6.45) is 0.965. The van der Waals surface area contributed by atoms with Crippen LogP contribution >= 0.6 is 0 Å². The number of carbonyl (C=O) groups is 1. The zero-order valence-electron chi connectivity index (χ0n) is 11.8. The number of hydrogen-bond donors (Lipinski definition) is 2. The minimum Gasteiger partial charge on any atom is -0.399 e.